The van der Waals surface area contributed by atoms with Crippen LogP contribution in [-0.2, 0) is 9.53 Å². The van der Waals surface area contributed by atoms with Crippen molar-refractivity contribution in [2.75, 3.05) is 36.9 Å². The number of benzene rings is 1. The Morgan fingerprint density at radius 3 is 2.70 bits per heavy atom. The van der Waals surface area contributed by atoms with E-state index in [0.29, 0.717) is 54.1 Å². The van der Waals surface area contributed by atoms with Gasteiger partial charge >= 0.3 is 0 Å². The van der Waals surface area contributed by atoms with Crippen LogP contribution in [-0.4, -0.2) is 63.1 Å². The van der Waals surface area contributed by atoms with Gasteiger partial charge in [0.05, 0.1) is 19.4 Å². The zero-order valence-corrected chi connectivity index (χ0v) is 19.0. The number of carbonyl (C=O) groups is 1. The van der Waals surface area contributed by atoms with Gasteiger partial charge in [-0.05, 0) is 43.9 Å². The van der Waals surface area contributed by atoms with Crippen molar-refractivity contribution >= 4 is 46.0 Å². The molecule has 2 aromatic heterocycles. The molecule has 0 bridgehead atoms. The van der Waals surface area contributed by atoms with Crippen molar-refractivity contribution < 1.29 is 9.53 Å². The number of hydrogen-bond donors (Lipinski definition) is 2. The maximum atomic E-state index is 12.8. The van der Waals surface area contributed by atoms with Gasteiger partial charge in [0, 0.05) is 35.8 Å². The van der Waals surface area contributed by atoms with Crippen LogP contribution in [0.15, 0.2) is 36.8 Å². The summed E-state index contributed by atoms with van der Waals surface area (Å²) in [5.41, 5.74) is 2.10. The van der Waals surface area contributed by atoms with Crippen molar-refractivity contribution in [2.45, 2.75) is 31.7 Å². The smallest absolute Gasteiger partial charge is 0.225 e. The molecular formula is C23H26ClN7O2. The molecule has 2 fully saturated rings. The summed E-state index contributed by atoms with van der Waals surface area (Å²) >= 11 is 6.10. The average Bonchev–Trinajstić information content (AvgIpc) is 2.85. The molecule has 1 saturated carbocycles. The second kappa shape index (κ2) is 9.84. The Morgan fingerprint density at radius 2 is 1.91 bits per heavy atom. The summed E-state index contributed by atoms with van der Waals surface area (Å²) in [6.45, 7) is 2.69. The highest BCUT2D eigenvalue weighted by Gasteiger charge is 2.30. The SMILES string of the molecule is O=C(C1CCC(Nc2ncc3ncnc(Nc4cccc(Cl)c4)c3n2)CC1)N1CCOCC1. The van der Waals surface area contributed by atoms with Crippen LogP contribution >= 0.6 is 11.6 Å². The number of carbonyl (C=O) groups excluding carboxylic acids is 1. The summed E-state index contributed by atoms with van der Waals surface area (Å²) < 4.78 is 5.36. The predicted octanol–water partition coefficient (Wildman–Crippen LogP) is 3.65. The average molecular weight is 468 g/mol. The third-order valence-corrected chi connectivity index (χ3v) is 6.43. The highest BCUT2D eigenvalue weighted by atomic mass is 35.5. The molecule has 172 valence electrons. The first-order valence-electron chi connectivity index (χ1n) is 11.3. The van der Waals surface area contributed by atoms with E-state index in [1.54, 1.807) is 6.20 Å². The topological polar surface area (TPSA) is 105 Å². The number of hydrogen-bond acceptors (Lipinski definition) is 8. The van der Waals surface area contributed by atoms with Crippen LogP contribution < -0.4 is 10.6 Å². The summed E-state index contributed by atoms with van der Waals surface area (Å²) in [4.78, 5) is 32.5. The Hall–Kier alpha value is -3.04. The Morgan fingerprint density at radius 1 is 1.09 bits per heavy atom. The Balaban J connectivity index is 1.24. The minimum Gasteiger partial charge on any atom is -0.378 e. The van der Waals surface area contributed by atoms with Crippen molar-refractivity contribution in [3.63, 3.8) is 0 Å². The molecular weight excluding hydrogens is 442 g/mol. The molecule has 33 heavy (non-hydrogen) atoms. The lowest BCUT2D eigenvalue weighted by Crippen LogP contribution is -2.45. The number of nitrogens with zero attached hydrogens (tertiary/aromatic N) is 5. The summed E-state index contributed by atoms with van der Waals surface area (Å²) in [7, 11) is 0. The third kappa shape index (κ3) is 5.15. The van der Waals surface area contributed by atoms with Crippen molar-refractivity contribution in [3.8, 4) is 0 Å². The van der Waals surface area contributed by atoms with Crippen LogP contribution in [0.3, 0.4) is 0 Å². The van der Waals surface area contributed by atoms with Gasteiger partial charge in [0.25, 0.3) is 0 Å². The zero-order chi connectivity index (χ0) is 22.6. The fraction of sp³-hybridized carbons (Fsp3) is 0.435. The second-order valence-corrected chi connectivity index (χ2v) is 8.85. The van der Waals surface area contributed by atoms with Crippen LogP contribution in [0, 0.1) is 5.92 Å². The summed E-state index contributed by atoms with van der Waals surface area (Å²) in [6.07, 6.45) is 6.72. The number of ether oxygens (including phenoxy) is 1. The highest BCUT2D eigenvalue weighted by molar-refractivity contribution is 6.30. The van der Waals surface area contributed by atoms with Gasteiger partial charge in [0.2, 0.25) is 11.9 Å². The number of amides is 1. The first-order chi connectivity index (χ1) is 16.2. The molecule has 0 radical (unpaired) electrons. The molecule has 2 N–H and O–H groups in total. The number of fused-ring (bicyclic) bond motifs is 1. The summed E-state index contributed by atoms with van der Waals surface area (Å²) in [5.74, 6) is 1.50. The van der Waals surface area contributed by atoms with Crippen molar-refractivity contribution in [3.05, 3.63) is 41.8 Å². The fourth-order valence-corrected chi connectivity index (χ4v) is 4.62. The molecule has 0 unspecified atom stereocenters. The van der Waals surface area contributed by atoms with Crippen molar-refractivity contribution in [1.82, 2.24) is 24.8 Å². The van der Waals surface area contributed by atoms with Crippen molar-refractivity contribution in [1.29, 1.82) is 0 Å². The largest absolute Gasteiger partial charge is 0.378 e. The van der Waals surface area contributed by atoms with E-state index < -0.39 is 0 Å². The molecule has 1 amide bonds. The number of morpholine rings is 1. The molecule has 3 heterocycles. The van der Waals surface area contributed by atoms with Crippen molar-refractivity contribution in [2.24, 2.45) is 5.92 Å². The molecule has 2 aliphatic rings. The van der Waals surface area contributed by atoms with Crippen LogP contribution in [0.25, 0.3) is 11.0 Å². The normalized spacial score (nSPS) is 21.1. The minimum atomic E-state index is 0.0978. The maximum Gasteiger partial charge on any atom is 0.225 e. The van der Waals surface area contributed by atoms with E-state index in [4.69, 9.17) is 16.3 Å². The van der Waals surface area contributed by atoms with E-state index in [2.05, 4.69) is 30.6 Å². The maximum absolute atomic E-state index is 12.8. The molecule has 5 rings (SSSR count). The third-order valence-electron chi connectivity index (χ3n) is 6.20. The molecule has 9 nitrogen and oxygen atoms in total. The lowest BCUT2D eigenvalue weighted by atomic mass is 9.85. The van der Waals surface area contributed by atoms with E-state index in [-0.39, 0.29) is 17.9 Å². The van der Waals surface area contributed by atoms with E-state index in [1.807, 2.05) is 29.2 Å². The van der Waals surface area contributed by atoms with Gasteiger partial charge in [-0.15, -0.1) is 0 Å². The van der Waals surface area contributed by atoms with E-state index >= 15 is 0 Å². The van der Waals surface area contributed by atoms with Gasteiger partial charge < -0.3 is 20.3 Å². The van der Waals surface area contributed by atoms with E-state index in [0.717, 1.165) is 31.4 Å². The van der Waals surface area contributed by atoms with Crippen LogP contribution in [0.1, 0.15) is 25.7 Å². The molecule has 3 aromatic rings. The van der Waals surface area contributed by atoms with Gasteiger partial charge in [-0.1, -0.05) is 17.7 Å². The first kappa shape index (κ1) is 21.8. The van der Waals surface area contributed by atoms with Gasteiger partial charge in [-0.2, -0.15) is 0 Å². The fourth-order valence-electron chi connectivity index (χ4n) is 4.43. The molecule has 1 aliphatic heterocycles. The lowest BCUT2D eigenvalue weighted by molar-refractivity contribution is -0.140. The number of nitrogens with one attached hydrogen (secondary N) is 2. The van der Waals surface area contributed by atoms with Gasteiger partial charge in [0.15, 0.2) is 5.82 Å². The first-order valence-corrected chi connectivity index (χ1v) is 11.7. The molecule has 10 heteroatoms. The van der Waals surface area contributed by atoms with Gasteiger partial charge in [-0.3, -0.25) is 4.79 Å². The number of rotatable bonds is 5. The standard InChI is InChI=1S/C23H26ClN7O2/c24-16-2-1-3-18(12-16)28-21-20-19(26-14-27-21)13-25-23(30-20)29-17-6-4-15(5-7-17)22(32)31-8-10-33-11-9-31/h1-3,12-15,17H,4-11H2,(H,25,29,30)(H,26,27,28). The number of anilines is 3. The van der Waals surface area contributed by atoms with Crippen LogP contribution in [0.5, 0.6) is 0 Å². The predicted molar refractivity (Wildman–Crippen MR) is 127 cm³/mol. The Bertz CT molecular complexity index is 1130. The second-order valence-electron chi connectivity index (χ2n) is 8.42. The Kier molecular flexibility index (Phi) is 6.50. The minimum absolute atomic E-state index is 0.0978. The summed E-state index contributed by atoms with van der Waals surface area (Å²) in [6, 6.07) is 7.66. The Labute approximate surface area is 196 Å². The summed E-state index contributed by atoms with van der Waals surface area (Å²) in [5, 5.41) is 7.34. The van der Waals surface area contributed by atoms with Gasteiger partial charge in [-0.25, -0.2) is 19.9 Å². The van der Waals surface area contributed by atoms with E-state index in [9.17, 15) is 4.79 Å². The van der Waals surface area contributed by atoms with E-state index in [1.165, 1.54) is 6.33 Å². The highest BCUT2D eigenvalue weighted by Crippen LogP contribution is 2.29. The zero-order valence-electron chi connectivity index (χ0n) is 18.2. The molecule has 1 aliphatic carbocycles. The number of aromatic nitrogens is 4. The van der Waals surface area contributed by atoms with Crippen LogP contribution in [0.4, 0.5) is 17.5 Å². The van der Waals surface area contributed by atoms with Gasteiger partial charge in [0.1, 0.15) is 17.4 Å². The lowest BCUT2D eigenvalue weighted by Gasteiger charge is -2.34. The molecule has 0 spiro atoms. The molecule has 0 atom stereocenters. The quantitative estimate of drug-likeness (QED) is 0.585. The monoisotopic (exact) mass is 467 g/mol. The molecule has 1 aromatic carbocycles. The molecule has 1 saturated heterocycles. The van der Waals surface area contributed by atoms with Crippen LogP contribution in [0.2, 0.25) is 5.02 Å². The number of halogens is 1.